The molecule has 0 spiro atoms. The van der Waals surface area contributed by atoms with E-state index in [2.05, 4.69) is 26.6 Å². The summed E-state index contributed by atoms with van der Waals surface area (Å²) < 4.78 is 0. The molecular weight excluding hydrogens is 260 g/mol. The van der Waals surface area contributed by atoms with Crippen molar-refractivity contribution < 1.29 is 4.79 Å². The summed E-state index contributed by atoms with van der Waals surface area (Å²) in [6.45, 7) is 1.38. The van der Waals surface area contributed by atoms with Gasteiger partial charge < -0.3 is 4.90 Å². The van der Waals surface area contributed by atoms with E-state index in [0.717, 1.165) is 37.5 Å². The van der Waals surface area contributed by atoms with Crippen molar-refractivity contribution in [2.24, 2.45) is 0 Å². The average Bonchev–Trinajstić information content (AvgIpc) is 3.05. The van der Waals surface area contributed by atoms with Gasteiger partial charge in [-0.15, -0.1) is 11.3 Å². The molecule has 1 fully saturated rings. The van der Waals surface area contributed by atoms with E-state index in [1.54, 1.807) is 11.3 Å². The molecule has 0 atom stereocenters. The van der Waals surface area contributed by atoms with Crippen molar-refractivity contribution in [3.63, 3.8) is 0 Å². The summed E-state index contributed by atoms with van der Waals surface area (Å²) in [7, 11) is 0. The van der Waals surface area contributed by atoms with Crippen molar-refractivity contribution in [3.8, 4) is 0 Å². The number of piperidine rings is 1. The fourth-order valence-electron chi connectivity index (χ4n) is 2.26. The standard InChI is InChI=1S/C13H16N4OS/c18-13-5-1-2-6-17(13)9-12-14-11(15-16-12)8-10-4-3-7-19-10/h3-4,7H,1-2,5-6,8-9H2,(H,14,15,16). The van der Waals surface area contributed by atoms with Gasteiger partial charge >= 0.3 is 0 Å². The Morgan fingerprint density at radius 1 is 1.42 bits per heavy atom. The van der Waals surface area contributed by atoms with Gasteiger partial charge in [0.25, 0.3) is 0 Å². The van der Waals surface area contributed by atoms with Gasteiger partial charge in [0.1, 0.15) is 5.82 Å². The summed E-state index contributed by atoms with van der Waals surface area (Å²) >= 11 is 1.70. The highest BCUT2D eigenvalue weighted by Crippen LogP contribution is 2.14. The minimum atomic E-state index is 0.224. The molecule has 0 aliphatic carbocycles. The van der Waals surface area contributed by atoms with Gasteiger partial charge in [-0.1, -0.05) is 6.07 Å². The van der Waals surface area contributed by atoms with Crippen LogP contribution in [0.2, 0.25) is 0 Å². The van der Waals surface area contributed by atoms with Crippen molar-refractivity contribution >= 4 is 17.2 Å². The maximum absolute atomic E-state index is 11.7. The van der Waals surface area contributed by atoms with Crippen LogP contribution in [0.15, 0.2) is 17.5 Å². The molecule has 0 bridgehead atoms. The number of nitrogens with one attached hydrogen (secondary N) is 1. The normalized spacial score (nSPS) is 16.0. The van der Waals surface area contributed by atoms with E-state index in [-0.39, 0.29) is 5.91 Å². The third-order valence-corrected chi connectivity index (χ3v) is 4.13. The molecule has 100 valence electrons. The Balaban J connectivity index is 1.63. The summed E-state index contributed by atoms with van der Waals surface area (Å²) in [6.07, 6.45) is 3.51. The first-order chi connectivity index (χ1) is 9.31. The Labute approximate surface area is 115 Å². The van der Waals surface area contributed by atoms with Crippen LogP contribution in [0.1, 0.15) is 35.8 Å². The Morgan fingerprint density at radius 3 is 3.16 bits per heavy atom. The fourth-order valence-corrected chi connectivity index (χ4v) is 2.96. The lowest BCUT2D eigenvalue weighted by molar-refractivity contribution is -0.134. The zero-order chi connectivity index (χ0) is 13.1. The molecular formula is C13H16N4OS. The highest BCUT2D eigenvalue weighted by Gasteiger charge is 2.19. The molecule has 5 nitrogen and oxygen atoms in total. The Morgan fingerprint density at radius 2 is 2.37 bits per heavy atom. The van der Waals surface area contributed by atoms with Crippen molar-refractivity contribution in [2.45, 2.75) is 32.2 Å². The average molecular weight is 276 g/mol. The number of rotatable bonds is 4. The van der Waals surface area contributed by atoms with Gasteiger partial charge in [0.15, 0.2) is 5.82 Å². The Kier molecular flexibility index (Phi) is 3.59. The number of aromatic nitrogens is 3. The van der Waals surface area contributed by atoms with E-state index >= 15 is 0 Å². The molecule has 2 aromatic rings. The van der Waals surface area contributed by atoms with Crippen LogP contribution >= 0.6 is 11.3 Å². The van der Waals surface area contributed by atoms with Gasteiger partial charge in [0.2, 0.25) is 5.91 Å². The lowest BCUT2D eigenvalue weighted by atomic mass is 10.1. The van der Waals surface area contributed by atoms with Gasteiger partial charge in [0.05, 0.1) is 6.54 Å². The number of amides is 1. The number of likely N-dealkylation sites (tertiary alicyclic amines) is 1. The van der Waals surface area contributed by atoms with Crippen LogP contribution in [0.25, 0.3) is 0 Å². The molecule has 19 heavy (non-hydrogen) atoms. The second-order valence-corrected chi connectivity index (χ2v) is 5.76. The van der Waals surface area contributed by atoms with E-state index in [4.69, 9.17) is 0 Å². The topological polar surface area (TPSA) is 61.9 Å². The lowest BCUT2D eigenvalue weighted by Gasteiger charge is -2.25. The molecule has 0 unspecified atom stereocenters. The quantitative estimate of drug-likeness (QED) is 0.928. The van der Waals surface area contributed by atoms with E-state index < -0.39 is 0 Å². The van der Waals surface area contributed by atoms with Crippen LogP contribution < -0.4 is 0 Å². The minimum Gasteiger partial charge on any atom is -0.335 e. The predicted molar refractivity (Wildman–Crippen MR) is 72.8 cm³/mol. The molecule has 1 amide bonds. The molecule has 1 saturated heterocycles. The molecule has 0 saturated carbocycles. The van der Waals surface area contributed by atoms with Gasteiger partial charge in [-0.3, -0.25) is 9.89 Å². The number of H-pyrrole nitrogens is 1. The van der Waals surface area contributed by atoms with Crippen LogP contribution in [0.5, 0.6) is 0 Å². The summed E-state index contributed by atoms with van der Waals surface area (Å²) in [5.74, 6) is 1.80. The molecule has 3 heterocycles. The van der Waals surface area contributed by atoms with Gasteiger partial charge in [-0.2, -0.15) is 5.10 Å². The van der Waals surface area contributed by atoms with Crippen molar-refractivity contribution in [3.05, 3.63) is 34.0 Å². The van der Waals surface area contributed by atoms with E-state index in [1.165, 1.54) is 4.88 Å². The van der Waals surface area contributed by atoms with E-state index in [9.17, 15) is 4.79 Å². The van der Waals surface area contributed by atoms with Crippen LogP contribution in [-0.2, 0) is 17.8 Å². The monoisotopic (exact) mass is 276 g/mol. The van der Waals surface area contributed by atoms with Gasteiger partial charge in [0, 0.05) is 24.3 Å². The highest BCUT2D eigenvalue weighted by molar-refractivity contribution is 7.09. The Hall–Kier alpha value is -1.69. The third kappa shape index (κ3) is 3.01. The van der Waals surface area contributed by atoms with Crippen molar-refractivity contribution in [1.29, 1.82) is 0 Å². The van der Waals surface area contributed by atoms with Crippen molar-refractivity contribution in [2.75, 3.05) is 6.54 Å². The summed E-state index contributed by atoms with van der Waals surface area (Å²) in [4.78, 5) is 19.3. The summed E-state index contributed by atoms with van der Waals surface area (Å²) in [5, 5.41) is 9.20. The van der Waals surface area contributed by atoms with Crippen molar-refractivity contribution in [1.82, 2.24) is 20.1 Å². The second kappa shape index (κ2) is 5.52. The van der Waals surface area contributed by atoms with E-state index in [1.807, 2.05) is 11.0 Å². The Bertz CT molecular complexity index is 549. The number of carbonyl (C=O) groups excluding carboxylic acids is 1. The first kappa shape index (κ1) is 12.3. The number of thiophene rings is 1. The summed E-state index contributed by atoms with van der Waals surface area (Å²) in [5.41, 5.74) is 0. The number of carbonyl (C=O) groups is 1. The molecule has 1 aliphatic rings. The maximum atomic E-state index is 11.7. The molecule has 1 aliphatic heterocycles. The molecule has 1 N–H and O–H groups in total. The molecule has 2 aromatic heterocycles. The molecule has 6 heteroatoms. The second-order valence-electron chi connectivity index (χ2n) is 4.73. The first-order valence-corrected chi connectivity index (χ1v) is 7.39. The van der Waals surface area contributed by atoms with Crippen LogP contribution in [0, 0.1) is 0 Å². The predicted octanol–water partition coefficient (Wildman–Crippen LogP) is 1.97. The van der Waals surface area contributed by atoms with E-state index in [0.29, 0.717) is 13.0 Å². The fraction of sp³-hybridized carbons (Fsp3) is 0.462. The third-order valence-electron chi connectivity index (χ3n) is 3.25. The molecule has 0 radical (unpaired) electrons. The van der Waals surface area contributed by atoms with Crippen LogP contribution in [-0.4, -0.2) is 32.5 Å². The number of hydrogen-bond donors (Lipinski definition) is 1. The number of hydrogen-bond acceptors (Lipinski definition) is 4. The smallest absolute Gasteiger partial charge is 0.222 e. The summed E-state index contributed by atoms with van der Waals surface area (Å²) in [6, 6.07) is 4.11. The van der Waals surface area contributed by atoms with Gasteiger partial charge in [-0.05, 0) is 24.3 Å². The number of aromatic amines is 1. The molecule has 3 rings (SSSR count). The largest absolute Gasteiger partial charge is 0.335 e. The minimum absolute atomic E-state index is 0.224. The van der Waals surface area contributed by atoms with Crippen LogP contribution in [0.4, 0.5) is 0 Å². The number of nitrogens with zero attached hydrogens (tertiary/aromatic N) is 3. The lowest BCUT2D eigenvalue weighted by Crippen LogP contribution is -2.34. The van der Waals surface area contributed by atoms with Crippen LogP contribution in [0.3, 0.4) is 0 Å². The maximum Gasteiger partial charge on any atom is 0.222 e. The van der Waals surface area contributed by atoms with Gasteiger partial charge in [-0.25, -0.2) is 4.98 Å². The first-order valence-electron chi connectivity index (χ1n) is 6.51. The SMILES string of the molecule is O=C1CCCCN1Cc1nc(Cc2cccs2)n[nH]1. The zero-order valence-corrected chi connectivity index (χ0v) is 11.4. The highest BCUT2D eigenvalue weighted by atomic mass is 32.1. The molecule has 0 aromatic carbocycles. The zero-order valence-electron chi connectivity index (χ0n) is 10.6.